The molecule has 20 heavy (non-hydrogen) atoms. The van der Waals surface area contributed by atoms with E-state index in [4.69, 9.17) is 0 Å². The molecule has 1 fully saturated rings. The molecule has 0 radical (unpaired) electrons. The Bertz CT molecular complexity index is 637. The predicted molar refractivity (Wildman–Crippen MR) is 82.6 cm³/mol. The zero-order chi connectivity index (χ0) is 13.9. The van der Waals surface area contributed by atoms with Crippen molar-refractivity contribution in [2.75, 3.05) is 0 Å². The summed E-state index contributed by atoms with van der Waals surface area (Å²) in [5, 5.41) is 9.69. The number of phenolic OH excluding ortho intramolecular Hbond substituents is 1. The number of aryl methyl sites for hydroxylation is 1. The smallest absolute Gasteiger partial charge is 0.115 e. The standard InChI is InChI=1S/C19H22O/c1-12-7-9-19(2)10-8-16-15-6-4-14(20)11-13(15)3-5-17(16)18(12)19/h4,6,11,18,20H,1,3,5,7-10H2,2H3/t18-,19-/m0/s1. The number of phenols is 1. The Morgan fingerprint density at radius 1 is 1.15 bits per heavy atom. The maximum Gasteiger partial charge on any atom is 0.115 e. The Morgan fingerprint density at radius 3 is 2.80 bits per heavy atom. The van der Waals surface area contributed by atoms with Gasteiger partial charge in [0.25, 0.3) is 0 Å². The summed E-state index contributed by atoms with van der Waals surface area (Å²) in [6, 6.07) is 5.92. The number of aromatic hydroxyl groups is 1. The second kappa shape index (κ2) is 4.00. The molecule has 1 heteroatoms. The molecule has 2 atom stereocenters. The molecule has 0 saturated heterocycles. The lowest BCUT2D eigenvalue weighted by atomic mass is 9.62. The van der Waals surface area contributed by atoms with Crippen LogP contribution in [0, 0.1) is 11.3 Å². The minimum absolute atomic E-state index is 0.402. The molecular formula is C19H22O. The van der Waals surface area contributed by atoms with E-state index >= 15 is 0 Å². The Labute approximate surface area is 121 Å². The molecule has 104 valence electrons. The molecule has 0 spiro atoms. The van der Waals surface area contributed by atoms with Crippen molar-refractivity contribution < 1.29 is 5.11 Å². The summed E-state index contributed by atoms with van der Waals surface area (Å²) in [5.41, 5.74) is 7.88. The molecule has 4 rings (SSSR count). The highest BCUT2D eigenvalue weighted by molar-refractivity contribution is 5.76. The molecule has 1 saturated carbocycles. The molecule has 0 heterocycles. The zero-order valence-electron chi connectivity index (χ0n) is 12.2. The summed E-state index contributed by atoms with van der Waals surface area (Å²) in [5.74, 6) is 1.02. The first kappa shape index (κ1) is 12.3. The van der Waals surface area contributed by atoms with E-state index in [9.17, 15) is 5.11 Å². The summed E-state index contributed by atoms with van der Waals surface area (Å²) in [4.78, 5) is 0. The van der Waals surface area contributed by atoms with Gasteiger partial charge in [0.05, 0.1) is 0 Å². The summed E-state index contributed by atoms with van der Waals surface area (Å²) >= 11 is 0. The molecule has 0 unspecified atom stereocenters. The highest BCUT2D eigenvalue weighted by Gasteiger charge is 2.46. The van der Waals surface area contributed by atoms with Gasteiger partial charge in [-0.3, -0.25) is 0 Å². The average Bonchev–Trinajstić information content (AvgIpc) is 2.74. The highest BCUT2D eigenvalue weighted by Crippen LogP contribution is 2.59. The molecule has 3 aliphatic carbocycles. The Hall–Kier alpha value is -1.50. The van der Waals surface area contributed by atoms with Gasteiger partial charge >= 0.3 is 0 Å². The normalized spacial score (nSPS) is 31.9. The fraction of sp³-hybridized carbons (Fsp3) is 0.474. The van der Waals surface area contributed by atoms with Gasteiger partial charge in [-0.25, -0.2) is 0 Å². The number of hydrogen-bond donors (Lipinski definition) is 1. The van der Waals surface area contributed by atoms with E-state index in [2.05, 4.69) is 19.6 Å². The number of allylic oxidation sites excluding steroid dienone is 3. The summed E-state index contributed by atoms with van der Waals surface area (Å²) in [7, 11) is 0. The van der Waals surface area contributed by atoms with Crippen molar-refractivity contribution in [3.05, 3.63) is 47.1 Å². The number of benzene rings is 1. The molecule has 1 aromatic rings. The van der Waals surface area contributed by atoms with Crippen molar-refractivity contribution in [3.63, 3.8) is 0 Å². The van der Waals surface area contributed by atoms with Crippen LogP contribution in [-0.2, 0) is 6.42 Å². The van der Waals surface area contributed by atoms with Crippen molar-refractivity contribution in [2.24, 2.45) is 11.3 Å². The third-order valence-corrected chi connectivity index (χ3v) is 5.88. The van der Waals surface area contributed by atoms with Crippen LogP contribution in [0.1, 0.15) is 50.2 Å². The molecule has 3 aliphatic rings. The van der Waals surface area contributed by atoms with Crippen molar-refractivity contribution >= 4 is 5.57 Å². The lowest BCUT2D eigenvalue weighted by Crippen LogP contribution is -2.30. The molecule has 1 N–H and O–H groups in total. The van der Waals surface area contributed by atoms with Crippen LogP contribution in [0.2, 0.25) is 0 Å². The van der Waals surface area contributed by atoms with Crippen molar-refractivity contribution in [1.29, 1.82) is 0 Å². The fourth-order valence-electron chi connectivity index (χ4n) is 4.86. The Kier molecular flexibility index (Phi) is 2.45. The van der Waals surface area contributed by atoms with Crippen molar-refractivity contribution in [3.8, 4) is 5.75 Å². The maximum atomic E-state index is 9.69. The van der Waals surface area contributed by atoms with E-state index in [1.807, 2.05) is 12.1 Å². The topological polar surface area (TPSA) is 20.2 Å². The number of hydrogen-bond acceptors (Lipinski definition) is 1. The fourth-order valence-corrected chi connectivity index (χ4v) is 4.86. The van der Waals surface area contributed by atoms with Crippen LogP contribution < -0.4 is 0 Å². The highest BCUT2D eigenvalue weighted by atomic mass is 16.3. The summed E-state index contributed by atoms with van der Waals surface area (Å²) < 4.78 is 0. The molecule has 0 amide bonds. The Morgan fingerprint density at radius 2 is 1.95 bits per heavy atom. The van der Waals surface area contributed by atoms with Crippen LogP contribution in [0.15, 0.2) is 35.9 Å². The van der Waals surface area contributed by atoms with Gasteiger partial charge in [-0.2, -0.15) is 0 Å². The molecule has 1 nitrogen and oxygen atoms in total. The van der Waals surface area contributed by atoms with Crippen LogP contribution in [0.3, 0.4) is 0 Å². The quantitative estimate of drug-likeness (QED) is 0.665. The zero-order valence-corrected chi connectivity index (χ0v) is 12.2. The molecular weight excluding hydrogens is 244 g/mol. The lowest BCUT2D eigenvalue weighted by Gasteiger charge is -2.42. The van der Waals surface area contributed by atoms with Gasteiger partial charge < -0.3 is 5.11 Å². The second-order valence-corrected chi connectivity index (χ2v) is 7.09. The van der Waals surface area contributed by atoms with E-state index in [0.717, 1.165) is 12.8 Å². The van der Waals surface area contributed by atoms with Crippen LogP contribution in [0.5, 0.6) is 5.75 Å². The molecule has 0 aliphatic heterocycles. The van der Waals surface area contributed by atoms with Gasteiger partial charge in [0.2, 0.25) is 0 Å². The first-order valence-electron chi connectivity index (χ1n) is 7.80. The van der Waals surface area contributed by atoms with Crippen LogP contribution >= 0.6 is 0 Å². The lowest BCUT2D eigenvalue weighted by molar-refractivity contribution is 0.241. The molecule has 0 aromatic heterocycles. The number of rotatable bonds is 0. The largest absolute Gasteiger partial charge is 0.508 e. The van der Waals surface area contributed by atoms with Gasteiger partial charge in [0, 0.05) is 5.92 Å². The molecule has 0 bridgehead atoms. The first-order valence-corrected chi connectivity index (χ1v) is 7.80. The van der Waals surface area contributed by atoms with Crippen LogP contribution in [-0.4, -0.2) is 5.11 Å². The second-order valence-electron chi connectivity index (χ2n) is 7.09. The maximum absolute atomic E-state index is 9.69. The van der Waals surface area contributed by atoms with Gasteiger partial charge in [-0.05, 0) is 72.8 Å². The summed E-state index contributed by atoms with van der Waals surface area (Å²) in [6.45, 7) is 6.83. The minimum Gasteiger partial charge on any atom is -0.508 e. The predicted octanol–water partition coefficient (Wildman–Crippen LogP) is 4.86. The van der Waals surface area contributed by atoms with Crippen molar-refractivity contribution in [2.45, 2.75) is 45.4 Å². The van der Waals surface area contributed by atoms with Gasteiger partial charge in [0.1, 0.15) is 5.75 Å². The third-order valence-electron chi connectivity index (χ3n) is 5.88. The van der Waals surface area contributed by atoms with Crippen LogP contribution in [0.25, 0.3) is 5.57 Å². The van der Waals surface area contributed by atoms with Gasteiger partial charge in [-0.1, -0.05) is 30.7 Å². The van der Waals surface area contributed by atoms with Gasteiger partial charge in [0.15, 0.2) is 0 Å². The third kappa shape index (κ3) is 1.55. The number of fused-ring (bicyclic) bond motifs is 4. The SMILES string of the molecule is C=C1CC[C@@]2(C)CCC3=C(CCc4cc(O)ccc43)[C@H]12. The van der Waals surface area contributed by atoms with Crippen molar-refractivity contribution in [1.82, 2.24) is 0 Å². The monoisotopic (exact) mass is 266 g/mol. The van der Waals surface area contributed by atoms with E-state index in [1.165, 1.54) is 42.4 Å². The first-order chi connectivity index (χ1) is 9.58. The van der Waals surface area contributed by atoms with E-state index in [-0.39, 0.29) is 0 Å². The van der Waals surface area contributed by atoms with E-state index in [1.54, 1.807) is 11.1 Å². The van der Waals surface area contributed by atoms with E-state index in [0.29, 0.717) is 17.1 Å². The average molecular weight is 266 g/mol. The Balaban J connectivity index is 1.87. The molecule has 1 aromatic carbocycles. The minimum atomic E-state index is 0.402. The summed E-state index contributed by atoms with van der Waals surface area (Å²) in [6.07, 6.45) is 7.24. The van der Waals surface area contributed by atoms with Crippen LogP contribution in [0.4, 0.5) is 0 Å². The van der Waals surface area contributed by atoms with Gasteiger partial charge in [-0.15, -0.1) is 0 Å². The van der Waals surface area contributed by atoms with E-state index < -0.39 is 0 Å².